The number of hydrogen-bond donors (Lipinski definition) is 0. The van der Waals surface area contributed by atoms with Gasteiger partial charge in [0, 0.05) is 25.3 Å². The molecule has 1 aliphatic heterocycles. The molecule has 2 aromatic rings. The van der Waals surface area contributed by atoms with Crippen LogP contribution in [0.5, 0.6) is 0 Å². The van der Waals surface area contributed by atoms with Crippen molar-refractivity contribution < 1.29 is 4.79 Å². The molecule has 132 valence electrons. The summed E-state index contributed by atoms with van der Waals surface area (Å²) < 4.78 is 0. The summed E-state index contributed by atoms with van der Waals surface area (Å²) in [4.78, 5) is 17.1. The number of rotatable bonds is 4. The first-order chi connectivity index (χ1) is 12.0. The Bertz CT molecular complexity index is 736. The van der Waals surface area contributed by atoms with Crippen LogP contribution in [-0.2, 0) is 11.3 Å². The van der Waals surface area contributed by atoms with E-state index in [4.69, 9.17) is 0 Å². The number of anilines is 1. The Hall–Kier alpha value is -2.13. The monoisotopic (exact) mass is 336 g/mol. The zero-order chi connectivity index (χ0) is 18.0. The van der Waals surface area contributed by atoms with E-state index in [-0.39, 0.29) is 11.9 Å². The molecular weight excluding hydrogens is 308 g/mol. The second-order valence-corrected chi connectivity index (χ2v) is 7.37. The molecule has 1 atom stereocenters. The van der Waals surface area contributed by atoms with Gasteiger partial charge in [0.1, 0.15) is 0 Å². The van der Waals surface area contributed by atoms with Crippen LogP contribution in [-0.4, -0.2) is 29.9 Å². The molecule has 0 unspecified atom stereocenters. The molecule has 0 radical (unpaired) electrons. The highest BCUT2D eigenvalue weighted by molar-refractivity contribution is 5.97. The van der Waals surface area contributed by atoms with Crippen LogP contribution in [0.25, 0.3) is 0 Å². The predicted octanol–water partition coefficient (Wildman–Crippen LogP) is 4.36. The molecule has 0 bridgehead atoms. The molecule has 0 N–H and O–H groups in total. The van der Waals surface area contributed by atoms with E-state index in [0.29, 0.717) is 5.92 Å². The molecule has 1 fully saturated rings. The maximum Gasteiger partial charge on any atom is 0.244 e. The number of amides is 1. The molecule has 3 rings (SSSR count). The maximum atomic E-state index is 12.9. The highest BCUT2D eigenvalue weighted by Gasteiger charge is 2.32. The Morgan fingerprint density at radius 2 is 1.80 bits per heavy atom. The zero-order valence-electron chi connectivity index (χ0n) is 15.7. The molecule has 3 nitrogen and oxygen atoms in total. The lowest BCUT2D eigenvalue weighted by molar-refractivity contribution is -0.125. The van der Waals surface area contributed by atoms with E-state index in [1.165, 1.54) is 16.7 Å². The van der Waals surface area contributed by atoms with Gasteiger partial charge in [-0.15, -0.1) is 0 Å². The van der Waals surface area contributed by atoms with Gasteiger partial charge < -0.3 is 4.90 Å². The van der Waals surface area contributed by atoms with Crippen LogP contribution in [0.15, 0.2) is 48.5 Å². The van der Waals surface area contributed by atoms with Crippen molar-refractivity contribution in [1.29, 1.82) is 0 Å². The van der Waals surface area contributed by atoms with Crippen molar-refractivity contribution >= 4 is 11.6 Å². The third kappa shape index (κ3) is 3.93. The number of carbonyl (C=O) groups excluding carboxylic acids is 1. The van der Waals surface area contributed by atoms with Crippen LogP contribution >= 0.6 is 0 Å². The average Bonchev–Trinajstić information content (AvgIpc) is 2.59. The fraction of sp³-hybridized carbons (Fsp3) is 0.409. The van der Waals surface area contributed by atoms with Crippen LogP contribution in [0.1, 0.15) is 43.4 Å². The summed E-state index contributed by atoms with van der Waals surface area (Å²) in [5.74, 6) is 0.700. The number of aryl methyl sites for hydroxylation is 1. The summed E-state index contributed by atoms with van der Waals surface area (Å²) in [5, 5.41) is 0. The Morgan fingerprint density at radius 1 is 1.08 bits per heavy atom. The molecular formula is C22H28N2O. The van der Waals surface area contributed by atoms with Crippen molar-refractivity contribution in [2.45, 2.75) is 46.2 Å². The smallest absolute Gasteiger partial charge is 0.244 e. The first-order valence-electron chi connectivity index (χ1n) is 9.16. The fourth-order valence-corrected chi connectivity index (χ4v) is 3.47. The zero-order valence-corrected chi connectivity index (χ0v) is 15.7. The Morgan fingerprint density at radius 3 is 2.44 bits per heavy atom. The summed E-state index contributed by atoms with van der Waals surface area (Å²) >= 11 is 0. The van der Waals surface area contributed by atoms with Crippen LogP contribution in [0.4, 0.5) is 5.69 Å². The minimum atomic E-state index is -0.0981. The first-order valence-corrected chi connectivity index (χ1v) is 9.16. The lowest BCUT2D eigenvalue weighted by Gasteiger charge is -2.39. The van der Waals surface area contributed by atoms with E-state index < -0.39 is 0 Å². The minimum Gasteiger partial charge on any atom is -0.310 e. The second-order valence-electron chi connectivity index (χ2n) is 7.37. The lowest BCUT2D eigenvalue weighted by Crippen LogP contribution is -2.55. The number of benzene rings is 2. The quantitative estimate of drug-likeness (QED) is 0.828. The second kappa shape index (κ2) is 7.40. The van der Waals surface area contributed by atoms with Crippen molar-refractivity contribution in [3.05, 3.63) is 65.2 Å². The van der Waals surface area contributed by atoms with Crippen molar-refractivity contribution in [1.82, 2.24) is 4.90 Å². The Balaban J connectivity index is 1.70. The van der Waals surface area contributed by atoms with Crippen molar-refractivity contribution in [3.8, 4) is 0 Å². The Labute approximate surface area is 151 Å². The van der Waals surface area contributed by atoms with Gasteiger partial charge in [-0.25, -0.2) is 0 Å². The van der Waals surface area contributed by atoms with Gasteiger partial charge in [-0.2, -0.15) is 0 Å². The molecule has 0 aromatic heterocycles. The van der Waals surface area contributed by atoms with Gasteiger partial charge in [0.05, 0.1) is 6.04 Å². The lowest BCUT2D eigenvalue weighted by atomic mass is 10.0. The van der Waals surface area contributed by atoms with Crippen LogP contribution in [0.3, 0.4) is 0 Å². The molecule has 2 aromatic carbocycles. The molecule has 1 amide bonds. The Kier molecular flexibility index (Phi) is 5.24. The molecule has 1 saturated heterocycles. The van der Waals surface area contributed by atoms with Gasteiger partial charge in [-0.1, -0.05) is 55.8 Å². The number of piperazine rings is 1. The normalized spacial score (nSPS) is 18.8. The van der Waals surface area contributed by atoms with E-state index in [0.717, 1.165) is 25.3 Å². The summed E-state index contributed by atoms with van der Waals surface area (Å²) in [6, 6.07) is 16.9. The number of carbonyl (C=O) groups is 1. The van der Waals surface area contributed by atoms with Crippen molar-refractivity contribution in [3.63, 3.8) is 0 Å². The van der Waals surface area contributed by atoms with Crippen LogP contribution in [0, 0.1) is 6.92 Å². The van der Waals surface area contributed by atoms with Gasteiger partial charge in [0.15, 0.2) is 0 Å². The fourth-order valence-electron chi connectivity index (χ4n) is 3.47. The van der Waals surface area contributed by atoms with E-state index in [2.05, 4.69) is 74.2 Å². The van der Waals surface area contributed by atoms with Gasteiger partial charge in [-0.05, 0) is 43.0 Å². The van der Waals surface area contributed by atoms with E-state index >= 15 is 0 Å². The van der Waals surface area contributed by atoms with Crippen molar-refractivity contribution in [2.75, 3.05) is 18.0 Å². The van der Waals surface area contributed by atoms with Gasteiger partial charge in [-0.3, -0.25) is 9.69 Å². The third-order valence-corrected chi connectivity index (χ3v) is 5.12. The standard InChI is InChI=1S/C22H28N2O/c1-16(2)20-8-10-21(11-9-20)24-13-12-23(18(4)22(24)25)15-19-7-5-6-17(3)14-19/h5-11,14,16,18H,12-13,15H2,1-4H3/t18-/m1/s1. The highest BCUT2D eigenvalue weighted by atomic mass is 16.2. The van der Waals surface area contributed by atoms with Gasteiger partial charge >= 0.3 is 0 Å². The topological polar surface area (TPSA) is 23.6 Å². The maximum absolute atomic E-state index is 12.9. The molecule has 3 heteroatoms. The number of hydrogen-bond acceptors (Lipinski definition) is 2. The van der Waals surface area contributed by atoms with E-state index in [9.17, 15) is 4.79 Å². The summed E-state index contributed by atoms with van der Waals surface area (Å²) in [6.07, 6.45) is 0. The first kappa shape index (κ1) is 17.7. The molecule has 1 aliphatic rings. The predicted molar refractivity (Wildman–Crippen MR) is 104 cm³/mol. The van der Waals surface area contributed by atoms with E-state index in [1.54, 1.807) is 0 Å². The largest absolute Gasteiger partial charge is 0.310 e. The molecule has 1 heterocycles. The summed E-state index contributed by atoms with van der Waals surface area (Å²) in [5.41, 5.74) is 4.86. The minimum absolute atomic E-state index is 0.0981. The summed E-state index contributed by atoms with van der Waals surface area (Å²) in [7, 11) is 0. The third-order valence-electron chi connectivity index (χ3n) is 5.12. The van der Waals surface area contributed by atoms with Gasteiger partial charge in [0.25, 0.3) is 0 Å². The SMILES string of the molecule is Cc1cccc(CN2CCN(c3ccc(C(C)C)cc3)C(=O)[C@H]2C)c1. The van der Waals surface area contributed by atoms with Gasteiger partial charge in [0.2, 0.25) is 5.91 Å². The van der Waals surface area contributed by atoms with Crippen LogP contribution < -0.4 is 4.90 Å². The highest BCUT2D eigenvalue weighted by Crippen LogP contribution is 2.24. The molecule has 0 spiro atoms. The number of nitrogens with zero attached hydrogens (tertiary/aromatic N) is 2. The molecule has 0 saturated carbocycles. The molecule has 0 aliphatic carbocycles. The molecule has 25 heavy (non-hydrogen) atoms. The average molecular weight is 336 g/mol. The van der Waals surface area contributed by atoms with Crippen molar-refractivity contribution in [2.24, 2.45) is 0 Å². The van der Waals surface area contributed by atoms with E-state index in [1.807, 2.05) is 11.8 Å². The van der Waals surface area contributed by atoms with Crippen LogP contribution in [0.2, 0.25) is 0 Å². The summed E-state index contributed by atoms with van der Waals surface area (Å²) in [6.45, 7) is 11.0.